The molecule has 0 fully saturated rings. The second kappa shape index (κ2) is 6.75. The third kappa shape index (κ3) is 3.15. The van der Waals surface area contributed by atoms with Crippen molar-refractivity contribution in [2.24, 2.45) is 0 Å². The Kier molecular flexibility index (Phi) is 4.13. The average Bonchev–Trinajstić information content (AvgIpc) is 2.71. The summed E-state index contributed by atoms with van der Waals surface area (Å²) in [6.45, 7) is 0.170. The van der Waals surface area contributed by atoms with E-state index in [0.29, 0.717) is 27.9 Å². The molecule has 0 aliphatic carbocycles. The Morgan fingerprint density at radius 2 is 1.89 bits per heavy atom. The van der Waals surface area contributed by atoms with E-state index in [2.05, 4.69) is 15.0 Å². The van der Waals surface area contributed by atoms with Crippen LogP contribution in [0.4, 0.5) is 5.69 Å². The van der Waals surface area contributed by atoms with Gasteiger partial charge < -0.3 is 0 Å². The molecule has 4 rings (SSSR count). The second-order valence-corrected chi connectivity index (χ2v) is 5.85. The first-order chi connectivity index (χ1) is 13.1. The quantitative estimate of drug-likeness (QED) is 0.410. The molecular formula is C19H13N5O3. The van der Waals surface area contributed by atoms with E-state index in [1.165, 1.54) is 16.7 Å². The number of nitro groups is 1. The summed E-state index contributed by atoms with van der Waals surface area (Å²) in [6, 6.07) is 13.5. The highest BCUT2D eigenvalue weighted by Gasteiger charge is 2.16. The number of hydrogen-bond donors (Lipinski definition) is 0. The number of benzene rings is 2. The molecule has 0 aliphatic heterocycles. The third-order valence-electron chi connectivity index (χ3n) is 4.16. The zero-order chi connectivity index (χ0) is 18.8. The highest BCUT2D eigenvalue weighted by atomic mass is 16.6. The molecule has 0 saturated heterocycles. The molecule has 0 aliphatic rings. The van der Waals surface area contributed by atoms with Crippen LogP contribution in [-0.2, 0) is 6.54 Å². The summed E-state index contributed by atoms with van der Waals surface area (Å²) in [6.07, 6.45) is 4.65. The van der Waals surface area contributed by atoms with Crippen molar-refractivity contribution < 1.29 is 4.92 Å². The first-order valence-electron chi connectivity index (χ1n) is 8.13. The molecule has 2 aromatic heterocycles. The van der Waals surface area contributed by atoms with Gasteiger partial charge in [-0.3, -0.25) is 24.6 Å². The molecule has 8 heteroatoms. The monoisotopic (exact) mass is 359 g/mol. The third-order valence-corrected chi connectivity index (χ3v) is 4.16. The highest BCUT2D eigenvalue weighted by Crippen LogP contribution is 2.28. The van der Waals surface area contributed by atoms with Gasteiger partial charge in [-0.15, -0.1) is 0 Å². The van der Waals surface area contributed by atoms with E-state index in [9.17, 15) is 14.9 Å². The van der Waals surface area contributed by atoms with Crippen molar-refractivity contribution >= 4 is 16.6 Å². The molecule has 0 bridgehead atoms. The van der Waals surface area contributed by atoms with Gasteiger partial charge >= 0.3 is 5.69 Å². The maximum atomic E-state index is 12.7. The number of hydrogen-bond acceptors (Lipinski definition) is 6. The van der Waals surface area contributed by atoms with E-state index in [-0.39, 0.29) is 12.2 Å². The Morgan fingerprint density at radius 1 is 1.07 bits per heavy atom. The Labute approximate surface area is 152 Å². The van der Waals surface area contributed by atoms with Gasteiger partial charge in [0.15, 0.2) is 0 Å². The lowest BCUT2D eigenvalue weighted by atomic mass is 10.1. The van der Waals surface area contributed by atoms with Crippen molar-refractivity contribution in [3.63, 3.8) is 0 Å². The Hall–Kier alpha value is -3.94. The summed E-state index contributed by atoms with van der Waals surface area (Å²) in [5.41, 5.74) is 1.74. The number of rotatable bonds is 4. The van der Waals surface area contributed by atoms with E-state index in [1.807, 2.05) is 30.3 Å². The fourth-order valence-corrected chi connectivity index (χ4v) is 2.92. The van der Waals surface area contributed by atoms with Crippen molar-refractivity contribution in [3.8, 4) is 11.3 Å². The fourth-order valence-electron chi connectivity index (χ4n) is 2.92. The molecule has 2 heterocycles. The maximum absolute atomic E-state index is 12.7. The summed E-state index contributed by atoms with van der Waals surface area (Å²) in [7, 11) is 0. The van der Waals surface area contributed by atoms with Gasteiger partial charge in [-0.2, -0.15) is 4.98 Å². The molecule has 8 nitrogen and oxygen atoms in total. The fraction of sp³-hybridized carbons (Fsp3) is 0.0526. The van der Waals surface area contributed by atoms with Crippen molar-refractivity contribution in [1.82, 2.24) is 19.5 Å². The molecule has 0 amide bonds. The summed E-state index contributed by atoms with van der Waals surface area (Å²) >= 11 is 0. The normalized spacial score (nSPS) is 10.8. The SMILES string of the molecule is O=c1nc(-c2ccccc2)c2cc([N+](=O)[O-])ccc2n1Cc1cnccn1. The summed E-state index contributed by atoms with van der Waals surface area (Å²) in [5.74, 6) is 0. The molecule has 0 unspecified atom stereocenters. The Morgan fingerprint density at radius 3 is 2.59 bits per heavy atom. The first kappa shape index (κ1) is 16.5. The molecule has 4 aromatic rings. The minimum absolute atomic E-state index is 0.0637. The summed E-state index contributed by atoms with van der Waals surface area (Å²) < 4.78 is 1.44. The maximum Gasteiger partial charge on any atom is 0.348 e. The number of nitro benzene ring substituents is 1. The lowest BCUT2D eigenvalue weighted by Crippen LogP contribution is -2.25. The van der Waals surface area contributed by atoms with Gasteiger partial charge in [0.1, 0.15) is 0 Å². The van der Waals surface area contributed by atoms with Crippen LogP contribution >= 0.6 is 0 Å². The first-order valence-corrected chi connectivity index (χ1v) is 8.13. The zero-order valence-corrected chi connectivity index (χ0v) is 14.0. The van der Waals surface area contributed by atoms with E-state index < -0.39 is 10.6 Å². The Balaban J connectivity index is 1.99. The van der Waals surface area contributed by atoms with Crippen molar-refractivity contribution in [1.29, 1.82) is 0 Å². The van der Waals surface area contributed by atoms with Gasteiger partial charge in [0.2, 0.25) is 0 Å². The molecule has 132 valence electrons. The topological polar surface area (TPSA) is 104 Å². The summed E-state index contributed by atoms with van der Waals surface area (Å²) in [5, 5.41) is 11.8. The number of nitrogens with zero attached hydrogens (tertiary/aromatic N) is 5. The standard InChI is InChI=1S/C19H13N5O3/c25-19-22-18(13-4-2-1-3-5-13)16-10-15(24(26)27)6-7-17(16)23(19)12-14-11-20-8-9-21-14/h1-11H,12H2. The minimum atomic E-state index is -0.466. The van der Waals surface area contributed by atoms with E-state index >= 15 is 0 Å². The van der Waals surface area contributed by atoms with E-state index in [4.69, 9.17) is 0 Å². The van der Waals surface area contributed by atoms with Crippen LogP contribution in [0.15, 0.2) is 71.9 Å². The van der Waals surface area contributed by atoms with E-state index in [1.54, 1.807) is 24.7 Å². The van der Waals surface area contributed by atoms with Crippen LogP contribution in [-0.4, -0.2) is 24.4 Å². The number of non-ortho nitro benzene ring substituents is 1. The van der Waals surface area contributed by atoms with E-state index in [0.717, 1.165) is 0 Å². The predicted molar refractivity (Wildman–Crippen MR) is 99.2 cm³/mol. The lowest BCUT2D eigenvalue weighted by Gasteiger charge is -2.12. The molecule has 27 heavy (non-hydrogen) atoms. The Bertz CT molecular complexity index is 1190. The molecule has 0 N–H and O–H groups in total. The highest BCUT2D eigenvalue weighted by molar-refractivity contribution is 5.93. The largest absolute Gasteiger partial charge is 0.348 e. The van der Waals surface area contributed by atoms with Crippen LogP contribution in [0.25, 0.3) is 22.2 Å². The second-order valence-electron chi connectivity index (χ2n) is 5.85. The van der Waals surface area contributed by atoms with Gasteiger partial charge in [0, 0.05) is 35.5 Å². The van der Waals surface area contributed by atoms with Gasteiger partial charge in [0.25, 0.3) is 5.69 Å². The zero-order valence-electron chi connectivity index (χ0n) is 14.0. The molecule has 0 saturated carbocycles. The van der Waals surface area contributed by atoms with Crippen molar-refractivity contribution in [2.75, 3.05) is 0 Å². The summed E-state index contributed by atoms with van der Waals surface area (Å²) in [4.78, 5) is 35.9. The molecule has 0 atom stereocenters. The molecule has 2 aromatic carbocycles. The van der Waals surface area contributed by atoms with Gasteiger partial charge in [-0.05, 0) is 6.07 Å². The van der Waals surface area contributed by atoms with Crippen LogP contribution < -0.4 is 5.69 Å². The van der Waals surface area contributed by atoms with Crippen LogP contribution in [0, 0.1) is 10.1 Å². The van der Waals surface area contributed by atoms with Crippen LogP contribution in [0.2, 0.25) is 0 Å². The van der Waals surface area contributed by atoms with Gasteiger partial charge in [-0.25, -0.2) is 4.79 Å². The number of aromatic nitrogens is 4. The van der Waals surface area contributed by atoms with Crippen LogP contribution in [0.3, 0.4) is 0 Å². The minimum Gasteiger partial charge on any atom is -0.286 e. The smallest absolute Gasteiger partial charge is 0.286 e. The lowest BCUT2D eigenvalue weighted by molar-refractivity contribution is -0.384. The number of fused-ring (bicyclic) bond motifs is 1. The predicted octanol–water partition coefficient (Wildman–Crippen LogP) is 2.81. The molecular weight excluding hydrogens is 346 g/mol. The van der Waals surface area contributed by atoms with Gasteiger partial charge in [-0.1, -0.05) is 30.3 Å². The van der Waals surface area contributed by atoms with Crippen molar-refractivity contribution in [2.45, 2.75) is 6.54 Å². The van der Waals surface area contributed by atoms with Crippen molar-refractivity contribution in [3.05, 3.63) is 93.4 Å². The van der Waals surface area contributed by atoms with Gasteiger partial charge in [0.05, 0.1) is 34.6 Å². The van der Waals surface area contributed by atoms with Crippen LogP contribution in [0.5, 0.6) is 0 Å². The molecule has 0 radical (unpaired) electrons. The molecule has 0 spiro atoms. The van der Waals surface area contributed by atoms with Crippen LogP contribution in [0.1, 0.15) is 5.69 Å². The average molecular weight is 359 g/mol.